The number of hydrogen-bond acceptors (Lipinski definition) is 5. The number of aromatic nitrogens is 2. The molecular weight excluding hydrogens is 346 g/mol. The fourth-order valence-electron chi connectivity index (χ4n) is 3.47. The summed E-state index contributed by atoms with van der Waals surface area (Å²) in [5.41, 5.74) is 2.85. The van der Waals surface area contributed by atoms with Crippen LogP contribution in [0.5, 0.6) is 0 Å². The van der Waals surface area contributed by atoms with Gasteiger partial charge in [0.25, 0.3) is 11.6 Å². The summed E-state index contributed by atoms with van der Waals surface area (Å²) in [6, 6.07) is 12.3. The summed E-state index contributed by atoms with van der Waals surface area (Å²) in [6.45, 7) is 2.42. The van der Waals surface area contributed by atoms with Crippen LogP contribution in [0.1, 0.15) is 28.9 Å². The van der Waals surface area contributed by atoms with E-state index in [4.69, 9.17) is 0 Å². The SMILES string of the molecule is O=C(NCc1ccccc1N1CCCC1)c1n[nH]c2ccc([N+](=O)[O-])cc12. The quantitative estimate of drug-likeness (QED) is 0.534. The Labute approximate surface area is 155 Å². The molecule has 1 saturated heterocycles. The molecule has 2 aromatic carbocycles. The molecule has 8 nitrogen and oxygen atoms in total. The number of benzene rings is 2. The van der Waals surface area contributed by atoms with Crippen LogP contribution in [0, 0.1) is 10.1 Å². The van der Waals surface area contributed by atoms with Crippen LogP contribution in [-0.2, 0) is 6.54 Å². The number of amides is 1. The van der Waals surface area contributed by atoms with Crippen molar-refractivity contribution in [2.75, 3.05) is 18.0 Å². The lowest BCUT2D eigenvalue weighted by Crippen LogP contribution is -2.26. The van der Waals surface area contributed by atoms with Crippen molar-refractivity contribution in [2.45, 2.75) is 19.4 Å². The van der Waals surface area contributed by atoms with E-state index >= 15 is 0 Å². The largest absolute Gasteiger partial charge is 0.371 e. The van der Waals surface area contributed by atoms with Crippen LogP contribution in [0.3, 0.4) is 0 Å². The minimum atomic E-state index is -0.486. The zero-order valence-electron chi connectivity index (χ0n) is 14.6. The molecule has 0 saturated carbocycles. The van der Waals surface area contributed by atoms with Crippen molar-refractivity contribution >= 4 is 28.2 Å². The Balaban J connectivity index is 1.54. The number of nitro benzene ring substituents is 1. The van der Waals surface area contributed by atoms with Crippen molar-refractivity contribution in [1.29, 1.82) is 0 Å². The molecule has 1 aliphatic rings. The number of anilines is 1. The Bertz CT molecular complexity index is 1010. The fraction of sp³-hybridized carbons (Fsp3) is 0.263. The molecule has 2 N–H and O–H groups in total. The van der Waals surface area contributed by atoms with E-state index in [1.165, 1.54) is 25.0 Å². The van der Waals surface area contributed by atoms with Crippen molar-refractivity contribution in [1.82, 2.24) is 15.5 Å². The van der Waals surface area contributed by atoms with Gasteiger partial charge in [-0.2, -0.15) is 5.10 Å². The van der Waals surface area contributed by atoms with E-state index in [1.807, 2.05) is 18.2 Å². The van der Waals surface area contributed by atoms with Gasteiger partial charge >= 0.3 is 0 Å². The molecule has 1 fully saturated rings. The van der Waals surface area contributed by atoms with Gasteiger partial charge in [-0.1, -0.05) is 18.2 Å². The summed E-state index contributed by atoms with van der Waals surface area (Å²) in [6.07, 6.45) is 2.36. The Morgan fingerprint density at radius 3 is 2.78 bits per heavy atom. The molecule has 4 rings (SSSR count). The molecule has 0 spiro atoms. The summed E-state index contributed by atoms with van der Waals surface area (Å²) < 4.78 is 0. The minimum Gasteiger partial charge on any atom is -0.371 e. The molecule has 3 aromatic rings. The highest BCUT2D eigenvalue weighted by molar-refractivity contribution is 6.05. The van der Waals surface area contributed by atoms with Gasteiger partial charge in [0.1, 0.15) is 0 Å². The number of aromatic amines is 1. The summed E-state index contributed by atoms with van der Waals surface area (Å²) in [5, 5.41) is 21.1. The molecule has 0 aliphatic carbocycles. The molecule has 8 heteroatoms. The predicted molar refractivity (Wildman–Crippen MR) is 102 cm³/mol. The molecule has 0 radical (unpaired) electrons. The molecule has 27 heavy (non-hydrogen) atoms. The van der Waals surface area contributed by atoms with Gasteiger partial charge in [0, 0.05) is 42.8 Å². The normalized spacial score (nSPS) is 13.9. The van der Waals surface area contributed by atoms with Crippen molar-refractivity contribution < 1.29 is 9.72 Å². The van der Waals surface area contributed by atoms with Gasteiger partial charge in [0.05, 0.1) is 10.4 Å². The second kappa shape index (κ2) is 7.06. The van der Waals surface area contributed by atoms with Gasteiger partial charge in [0.15, 0.2) is 5.69 Å². The average Bonchev–Trinajstić information content (AvgIpc) is 3.35. The number of nitrogens with zero attached hydrogens (tertiary/aromatic N) is 3. The van der Waals surface area contributed by atoms with Gasteiger partial charge in [-0.05, 0) is 30.5 Å². The lowest BCUT2D eigenvalue weighted by molar-refractivity contribution is -0.384. The maximum atomic E-state index is 12.6. The fourth-order valence-corrected chi connectivity index (χ4v) is 3.47. The molecule has 0 bridgehead atoms. The summed E-state index contributed by atoms with van der Waals surface area (Å²) >= 11 is 0. The van der Waals surface area contributed by atoms with Crippen LogP contribution in [0.4, 0.5) is 11.4 Å². The highest BCUT2D eigenvalue weighted by atomic mass is 16.6. The Hall–Kier alpha value is -3.42. The monoisotopic (exact) mass is 365 g/mol. The number of nitrogens with one attached hydrogen (secondary N) is 2. The lowest BCUT2D eigenvalue weighted by Gasteiger charge is -2.21. The van der Waals surface area contributed by atoms with Crippen LogP contribution in [0.25, 0.3) is 10.9 Å². The third kappa shape index (κ3) is 3.33. The van der Waals surface area contributed by atoms with Crippen LogP contribution in [-0.4, -0.2) is 34.1 Å². The second-order valence-corrected chi connectivity index (χ2v) is 6.56. The van der Waals surface area contributed by atoms with Crippen LogP contribution in [0.2, 0.25) is 0 Å². The number of nitro groups is 1. The number of carbonyl (C=O) groups excluding carboxylic acids is 1. The van der Waals surface area contributed by atoms with Gasteiger partial charge in [-0.3, -0.25) is 20.0 Å². The number of rotatable bonds is 5. The lowest BCUT2D eigenvalue weighted by atomic mass is 10.1. The van der Waals surface area contributed by atoms with Crippen molar-refractivity contribution in [3.63, 3.8) is 0 Å². The third-order valence-corrected chi connectivity index (χ3v) is 4.85. The number of hydrogen-bond donors (Lipinski definition) is 2. The van der Waals surface area contributed by atoms with E-state index < -0.39 is 4.92 Å². The van der Waals surface area contributed by atoms with Gasteiger partial charge in [-0.25, -0.2) is 0 Å². The first kappa shape index (κ1) is 17.0. The zero-order valence-corrected chi connectivity index (χ0v) is 14.6. The molecule has 0 atom stereocenters. The smallest absolute Gasteiger partial charge is 0.272 e. The molecule has 0 unspecified atom stereocenters. The van der Waals surface area contributed by atoms with Gasteiger partial charge < -0.3 is 10.2 Å². The average molecular weight is 365 g/mol. The van der Waals surface area contributed by atoms with E-state index in [0.29, 0.717) is 17.4 Å². The molecule has 1 aliphatic heterocycles. The number of para-hydroxylation sites is 1. The second-order valence-electron chi connectivity index (χ2n) is 6.56. The number of fused-ring (bicyclic) bond motifs is 1. The Kier molecular flexibility index (Phi) is 4.45. The van der Waals surface area contributed by atoms with Crippen LogP contribution in [0.15, 0.2) is 42.5 Å². The maximum Gasteiger partial charge on any atom is 0.272 e. The highest BCUT2D eigenvalue weighted by Gasteiger charge is 2.19. The first-order valence-corrected chi connectivity index (χ1v) is 8.87. The summed E-state index contributed by atoms with van der Waals surface area (Å²) in [5.74, 6) is -0.363. The van der Waals surface area contributed by atoms with Crippen molar-refractivity contribution in [3.05, 3.63) is 63.8 Å². The molecule has 1 aromatic heterocycles. The van der Waals surface area contributed by atoms with Gasteiger partial charge in [0.2, 0.25) is 0 Å². The molecule has 1 amide bonds. The van der Waals surface area contributed by atoms with Crippen molar-refractivity contribution in [3.8, 4) is 0 Å². The van der Waals surface area contributed by atoms with E-state index in [1.54, 1.807) is 6.07 Å². The zero-order chi connectivity index (χ0) is 18.8. The molecular formula is C19H19N5O3. The summed E-state index contributed by atoms with van der Waals surface area (Å²) in [4.78, 5) is 25.5. The van der Waals surface area contributed by atoms with E-state index in [9.17, 15) is 14.9 Å². The Morgan fingerprint density at radius 1 is 1.22 bits per heavy atom. The van der Waals surface area contributed by atoms with Crippen LogP contribution >= 0.6 is 0 Å². The van der Waals surface area contributed by atoms with Gasteiger partial charge in [-0.15, -0.1) is 0 Å². The maximum absolute atomic E-state index is 12.6. The topological polar surface area (TPSA) is 104 Å². The van der Waals surface area contributed by atoms with E-state index in [2.05, 4.69) is 26.5 Å². The van der Waals surface area contributed by atoms with E-state index in [0.717, 1.165) is 24.3 Å². The highest BCUT2D eigenvalue weighted by Crippen LogP contribution is 2.25. The molecule has 138 valence electrons. The predicted octanol–water partition coefficient (Wildman–Crippen LogP) is 3.00. The minimum absolute atomic E-state index is 0.0719. The number of H-pyrrole nitrogens is 1. The molecule has 2 heterocycles. The first-order valence-electron chi connectivity index (χ1n) is 8.87. The Morgan fingerprint density at radius 2 is 2.00 bits per heavy atom. The number of non-ortho nitro benzene ring substituents is 1. The van der Waals surface area contributed by atoms with E-state index in [-0.39, 0.29) is 17.3 Å². The number of carbonyl (C=O) groups is 1. The third-order valence-electron chi connectivity index (χ3n) is 4.85. The van der Waals surface area contributed by atoms with Crippen molar-refractivity contribution in [2.24, 2.45) is 0 Å². The summed E-state index contributed by atoms with van der Waals surface area (Å²) in [7, 11) is 0. The van der Waals surface area contributed by atoms with Crippen LogP contribution < -0.4 is 10.2 Å². The standard InChI is InChI=1S/C19H19N5O3/c25-19(18-15-11-14(24(26)27)7-8-16(15)21-22-18)20-12-13-5-1-2-6-17(13)23-9-3-4-10-23/h1-2,5-8,11H,3-4,9-10,12H2,(H,20,25)(H,21,22). The first-order chi connectivity index (χ1) is 13.1.